The minimum atomic E-state index is -0.127. The predicted molar refractivity (Wildman–Crippen MR) is 108 cm³/mol. The van der Waals surface area contributed by atoms with Crippen molar-refractivity contribution in [2.45, 2.75) is 13.0 Å². The number of carbonyl (C=O) groups is 2. The summed E-state index contributed by atoms with van der Waals surface area (Å²) in [7, 11) is 5.02. The van der Waals surface area contributed by atoms with Crippen LogP contribution in [0.4, 0.5) is 0 Å². The molecule has 0 spiro atoms. The molecule has 1 unspecified atom stereocenters. The van der Waals surface area contributed by atoms with Crippen molar-refractivity contribution >= 4 is 22.6 Å². The van der Waals surface area contributed by atoms with E-state index in [2.05, 4.69) is 23.5 Å². The molecule has 1 atom stereocenters. The fraction of sp³-hybridized carbons (Fsp3) is 0.429. The Morgan fingerprint density at radius 3 is 2.48 bits per heavy atom. The van der Waals surface area contributed by atoms with Crippen molar-refractivity contribution < 1.29 is 14.3 Å². The number of hydrogen-bond donors (Lipinski definition) is 1. The molecule has 2 amide bonds. The molecule has 0 saturated carbocycles. The summed E-state index contributed by atoms with van der Waals surface area (Å²) in [5, 5.41) is 5.33. The first-order valence-corrected chi connectivity index (χ1v) is 9.11. The number of rotatable bonds is 9. The largest absolute Gasteiger partial charge is 0.383 e. The van der Waals surface area contributed by atoms with Crippen molar-refractivity contribution in [3.8, 4) is 0 Å². The van der Waals surface area contributed by atoms with Gasteiger partial charge in [-0.05, 0) is 23.3 Å². The molecule has 0 fully saturated rings. The lowest BCUT2D eigenvalue weighted by atomic mass is 10.00. The van der Waals surface area contributed by atoms with E-state index < -0.39 is 0 Å². The SMILES string of the molecule is COCCN(CC(=O)NC(C)c1cccc2ccccc12)CC(=O)N(C)C. The number of hydrogen-bond acceptors (Lipinski definition) is 4. The van der Waals surface area contributed by atoms with Crippen molar-refractivity contribution in [2.75, 3.05) is 47.4 Å². The molecule has 2 rings (SSSR count). The predicted octanol–water partition coefficient (Wildman–Crippen LogP) is 2.05. The first kappa shape index (κ1) is 20.9. The Balaban J connectivity index is 2.03. The number of carbonyl (C=O) groups excluding carboxylic acids is 2. The van der Waals surface area contributed by atoms with Crippen LogP contribution in [0.2, 0.25) is 0 Å². The van der Waals surface area contributed by atoms with Crippen LogP contribution in [0, 0.1) is 0 Å². The molecule has 6 heteroatoms. The van der Waals surface area contributed by atoms with Gasteiger partial charge in [-0.3, -0.25) is 14.5 Å². The van der Waals surface area contributed by atoms with Gasteiger partial charge in [0.25, 0.3) is 0 Å². The molecule has 0 aliphatic heterocycles. The van der Waals surface area contributed by atoms with E-state index in [9.17, 15) is 9.59 Å². The normalized spacial score (nSPS) is 12.2. The Kier molecular flexibility index (Phi) is 7.76. The lowest BCUT2D eigenvalue weighted by Crippen LogP contribution is -2.44. The standard InChI is InChI=1S/C21H29N3O3/c1-16(18-11-7-9-17-8-5-6-10-19(17)18)22-20(25)14-24(12-13-27-4)15-21(26)23(2)3/h5-11,16H,12-15H2,1-4H3,(H,22,25). The molecule has 0 aliphatic rings. The minimum Gasteiger partial charge on any atom is -0.383 e. The van der Waals surface area contributed by atoms with E-state index in [4.69, 9.17) is 4.74 Å². The molecule has 2 aromatic rings. The van der Waals surface area contributed by atoms with E-state index in [1.165, 1.54) is 4.90 Å². The van der Waals surface area contributed by atoms with E-state index in [-0.39, 0.29) is 30.9 Å². The van der Waals surface area contributed by atoms with Gasteiger partial charge in [0.1, 0.15) is 0 Å². The summed E-state index contributed by atoms with van der Waals surface area (Å²) >= 11 is 0. The van der Waals surface area contributed by atoms with Gasteiger partial charge in [0, 0.05) is 27.7 Å². The summed E-state index contributed by atoms with van der Waals surface area (Å²) in [5.74, 6) is -0.154. The number of nitrogens with zero attached hydrogens (tertiary/aromatic N) is 2. The highest BCUT2D eigenvalue weighted by molar-refractivity contribution is 5.87. The third-order valence-corrected chi connectivity index (χ3v) is 4.50. The maximum Gasteiger partial charge on any atom is 0.236 e. The molecule has 1 N–H and O–H groups in total. The minimum absolute atomic E-state index is 0.0407. The fourth-order valence-corrected chi connectivity index (χ4v) is 2.96. The third-order valence-electron chi connectivity index (χ3n) is 4.50. The molecule has 0 radical (unpaired) electrons. The second-order valence-corrected chi connectivity index (χ2v) is 6.85. The first-order chi connectivity index (χ1) is 12.9. The van der Waals surface area contributed by atoms with Gasteiger partial charge in [-0.15, -0.1) is 0 Å². The Morgan fingerprint density at radius 1 is 1.07 bits per heavy atom. The van der Waals surface area contributed by atoms with Crippen molar-refractivity contribution in [1.29, 1.82) is 0 Å². The molecule has 2 aromatic carbocycles. The summed E-state index contributed by atoms with van der Waals surface area (Å²) in [6.07, 6.45) is 0. The first-order valence-electron chi connectivity index (χ1n) is 9.11. The van der Waals surface area contributed by atoms with Crippen LogP contribution in [-0.2, 0) is 14.3 Å². The molecule has 146 valence electrons. The number of ether oxygens (including phenoxy) is 1. The molecule has 0 aromatic heterocycles. The summed E-state index contributed by atoms with van der Waals surface area (Å²) in [5.41, 5.74) is 1.08. The zero-order chi connectivity index (χ0) is 19.8. The van der Waals surface area contributed by atoms with E-state index in [0.717, 1.165) is 16.3 Å². The highest BCUT2D eigenvalue weighted by atomic mass is 16.5. The molecule has 0 saturated heterocycles. The smallest absolute Gasteiger partial charge is 0.236 e. The summed E-state index contributed by atoms with van der Waals surface area (Å²) in [6, 6.07) is 14.1. The number of likely N-dealkylation sites (N-methyl/N-ethyl adjacent to an activating group) is 1. The number of methoxy groups -OCH3 is 1. The van der Waals surface area contributed by atoms with Crippen LogP contribution in [0.1, 0.15) is 18.5 Å². The van der Waals surface area contributed by atoms with Crippen molar-refractivity contribution in [3.05, 3.63) is 48.0 Å². The summed E-state index contributed by atoms with van der Waals surface area (Å²) in [4.78, 5) is 27.9. The monoisotopic (exact) mass is 371 g/mol. The van der Waals surface area contributed by atoms with Gasteiger partial charge in [0.2, 0.25) is 11.8 Å². The summed E-state index contributed by atoms with van der Waals surface area (Å²) in [6.45, 7) is 3.30. The van der Waals surface area contributed by atoms with Gasteiger partial charge in [0.05, 0.1) is 25.7 Å². The second-order valence-electron chi connectivity index (χ2n) is 6.85. The van der Waals surface area contributed by atoms with Crippen molar-refractivity contribution in [1.82, 2.24) is 15.1 Å². The second kappa shape index (κ2) is 10.0. The van der Waals surface area contributed by atoms with Gasteiger partial charge < -0.3 is 15.0 Å². The number of nitrogens with one attached hydrogen (secondary N) is 1. The van der Waals surface area contributed by atoms with Crippen LogP contribution in [0.15, 0.2) is 42.5 Å². The molecule has 0 bridgehead atoms. The molecular formula is C21H29N3O3. The van der Waals surface area contributed by atoms with Crippen molar-refractivity contribution in [3.63, 3.8) is 0 Å². The molecule has 0 heterocycles. The van der Waals surface area contributed by atoms with Gasteiger partial charge in [0.15, 0.2) is 0 Å². The zero-order valence-electron chi connectivity index (χ0n) is 16.6. The van der Waals surface area contributed by atoms with E-state index in [0.29, 0.717) is 13.2 Å². The van der Waals surface area contributed by atoms with E-state index >= 15 is 0 Å². The Bertz CT molecular complexity index is 771. The molecule has 27 heavy (non-hydrogen) atoms. The zero-order valence-corrected chi connectivity index (χ0v) is 16.6. The Labute approximate surface area is 161 Å². The quantitative estimate of drug-likeness (QED) is 0.733. The van der Waals surface area contributed by atoms with Gasteiger partial charge in [-0.1, -0.05) is 42.5 Å². The van der Waals surface area contributed by atoms with Crippen molar-refractivity contribution in [2.24, 2.45) is 0 Å². The highest BCUT2D eigenvalue weighted by Gasteiger charge is 2.18. The van der Waals surface area contributed by atoms with Crippen LogP contribution in [0.3, 0.4) is 0 Å². The average molecular weight is 371 g/mol. The maximum absolute atomic E-state index is 12.6. The van der Waals surface area contributed by atoms with Gasteiger partial charge >= 0.3 is 0 Å². The molecule has 6 nitrogen and oxygen atoms in total. The van der Waals surface area contributed by atoms with Gasteiger partial charge in [-0.2, -0.15) is 0 Å². The number of fused-ring (bicyclic) bond motifs is 1. The van der Waals surface area contributed by atoms with Crippen LogP contribution in [0.5, 0.6) is 0 Å². The van der Waals surface area contributed by atoms with Crippen LogP contribution >= 0.6 is 0 Å². The maximum atomic E-state index is 12.6. The number of amides is 2. The number of benzene rings is 2. The lowest BCUT2D eigenvalue weighted by molar-refractivity contribution is -0.131. The Hall–Kier alpha value is -2.44. The highest BCUT2D eigenvalue weighted by Crippen LogP contribution is 2.23. The average Bonchev–Trinajstić information content (AvgIpc) is 2.65. The third kappa shape index (κ3) is 6.05. The van der Waals surface area contributed by atoms with Gasteiger partial charge in [-0.25, -0.2) is 0 Å². The van der Waals surface area contributed by atoms with Crippen LogP contribution in [0.25, 0.3) is 10.8 Å². The molecular weight excluding hydrogens is 342 g/mol. The lowest BCUT2D eigenvalue weighted by Gasteiger charge is -2.24. The molecule has 0 aliphatic carbocycles. The van der Waals surface area contributed by atoms with E-state index in [1.54, 1.807) is 26.1 Å². The van der Waals surface area contributed by atoms with E-state index in [1.807, 2.05) is 31.2 Å². The fourth-order valence-electron chi connectivity index (χ4n) is 2.96. The van der Waals surface area contributed by atoms with Crippen LogP contribution in [-0.4, -0.2) is 69.1 Å². The topological polar surface area (TPSA) is 61.9 Å². The van der Waals surface area contributed by atoms with Crippen LogP contribution < -0.4 is 5.32 Å². The Morgan fingerprint density at radius 2 is 1.78 bits per heavy atom. The summed E-state index contributed by atoms with van der Waals surface area (Å²) < 4.78 is 5.10.